The number of carbonyl (C=O) groups is 1. The molecule has 0 bridgehead atoms. The molecule has 1 amide bonds. The van der Waals surface area contributed by atoms with Gasteiger partial charge in [-0.25, -0.2) is 0 Å². The van der Waals surface area contributed by atoms with E-state index in [9.17, 15) is 18.0 Å². The fourth-order valence-corrected chi connectivity index (χ4v) is 2.88. The third-order valence-electron chi connectivity index (χ3n) is 3.56. The first-order valence-corrected chi connectivity index (χ1v) is 8.84. The minimum atomic E-state index is -4.39. The van der Waals surface area contributed by atoms with Crippen LogP contribution in [0.1, 0.15) is 15.9 Å². The standard InChI is InChI=1S/C18H17F3INO4/c1-25-15-9-13(14(22)10-16(15)26-2)17(24)23-7-8-27-12-5-3-11(4-6-12)18(19,20)21/h3-6,9-10H,7-8H2,1-2H3,(H,23,24). The van der Waals surface area contributed by atoms with Crippen LogP contribution in [0.15, 0.2) is 36.4 Å². The molecule has 5 nitrogen and oxygen atoms in total. The van der Waals surface area contributed by atoms with Crippen molar-refractivity contribution in [3.63, 3.8) is 0 Å². The normalized spacial score (nSPS) is 11.0. The van der Waals surface area contributed by atoms with Gasteiger partial charge in [0.25, 0.3) is 5.91 Å². The van der Waals surface area contributed by atoms with Crippen LogP contribution in [0.2, 0.25) is 0 Å². The zero-order valence-corrected chi connectivity index (χ0v) is 16.7. The van der Waals surface area contributed by atoms with Crippen LogP contribution in [-0.2, 0) is 6.18 Å². The molecule has 0 aromatic heterocycles. The lowest BCUT2D eigenvalue weighted by Gasteiger charge is -2.13. The van der Waals surface area contributed by atoms with Crippen LogP contribution in [0.25, 0.3) is 0 Å². The molecule has 0 heterocycles. The molecule has 0 radical (unpaired) electrons. The molecule has 2 rings (SSSR count). The average Bonchev–Trinajstić information content (AvgIpc) is 2.64. The first-order chi connectivity index (χ1) is 12.8. The fraction of sp³-hybridized carbons (Fsp3) is 0.278. The summed E-state index contributed by atoms with van der Waals surface area (Å²) in [5, 5.41) is 2.69. The van der Waals surface area contributed by atoms with Crippen molar-refractivity contribution < 1.29 is 32.2 Å². The summed E-state index contributed by atoms with van der Waals surface area (Å²) in [5.41, 5.74) is -0.325. The predicted octanol–water partition coefficient (Wildman–Crippen LogP) is 4.14. The highest BCUT2D eigenvalue weighted by Gasteiger charge is 2.30. The number of ether oxygens (including phenoxy) is 3. The van der Waals surface area contributed by atoms with Gasteiger partial charge in [-0.3, -0.25) is 4.79 Å². The van der Waals surface area contributed by atoms with E-state index in [4.69, 9.17) is 14.2 Å². The number of benzene rings is 2. The van der Waals surface area contributed by atoms with Crippen LogP contribution >= 0.6 is 22.6 Å². The van der Waals surface area contributed by atoms with Crippen molar-refractivity contribution in [3.05, 3.63) is 51.1 Å². The van der Waals surface area contributed by atoms with Crippen molar-refractivity contribution >= 4 is 28.5 Å². The summed E-state index contributed by atoms with van der Waals surface area (Å²) in [4.78, 5) is 12.3. The Kier molecular flexibility index (Phi) is 7.17. The number of rotatable bonds is 7. The number of carbonyl (C=O) groups excluding carboxylic acids is 1. The minimum Gasteiger partial charge on any atom is -0.493 e. The van der Waals surface area contributed by atoms with E-state index in [2.05, 4.69) is 5.32 Å². The molecule has 0 fully saturated rings. The van der Waals surface area contributed by atoms with Gasteiger partial charge in [0.15, 0.2) is 11.5 Å². The lowest BCUT2D eigenvalue weighted by molar-refractivity contribution is -0.137. The molecule has 1 N–H and O–H groups in total. The Morgan fingerprint density at radius 2 is 1.67 bits per heavy atom. The summed E-state index contributed by atoms with van der Waals surface area (Å²) in [6, 6.07) is 7.63. The molecule has 0 spiro atoms. The molecule has 9 heteroatoms. The van der Waals surface area contributed by atoms with E-state index in [-0.39, 0.29) is 24.8 Å². The SMILES string of the molecule is COc1cc(I)c(C(=O)NCCOc2ccc(C(F)(F)F)cc2)cc1OC. The monoisotopic (exact) mass is 495 g/mol. The molecular formula is C18H17F3INO4. The molecule has 2 aromatic rings. The quantitative estimate of drug-likeness (QED) is 0.464. The van der Waals surface area contributed by atoms with E-state index in [1.807, 2.05) is 22.6 Å². The highest BCUT2D eigenvalue weighted by molar-refractivity contribution is 14.1. The summed E-state index contributed by atoms with van der Waals surface area (Å²) in [7, 11) is 2.98. The van der Waals surface area contributed by atoms with E-state index in [1.165, 1.54) is 26.4 Å². The molecule has 2 aromatic carbocycles. The van der Waals surface area contributed by atoms with Gasteiger partial charge in [-0.15, -0.1) is 0 Å². The van der Waals surface area contributed by atoms with E-state index in [0.717, 1.165) is 12.1 Å². The Balaban J connectivity index is 1.89. The smallest absolute Gasteiger partial charge is 0.416 e. The molecule has 0 saturated carbocycles. The van der Waals surface area contributed by atoms with Crippen LogP contribution < -0.4 is 19.5 Å². The highest BCUT2D eigenvalue weighted by atomic mass is 127. The van der Waals surface area contributed by atoms with Gasteiger partial charge in [0, 0.05) is 3.57 Å². The lowest BCUT2D eigenvalue weighted by Crippen LogP contribution is -2.28. The molecule has 0 aliphatic heterocycles. The van der Waals surface area contributed by atoms with Gasteiger partial charge in [-0.05, 0) is 59.0 Å². The third-order valence-corrected chi connectivity index (χ3v) is 4.45. The van der Waals surface area contributed by atoms with Crippen LogP contribution in [0.5, 0.6) is 17.2 Å². The van der Waals surface area contributed by atoms with Crippen LogP contribution in [0.4, 0.5) is 13.2 Å². The van der Waals surface area contributed by atoms with E-state index in [1.54, 1.807) is 12.1 Å². The number of methoxy groups -OCH3 is 2. The van der Waals surface area contributed by atoms with Crippen molar-refractivity contribution in [3.8, 4) is 17.2 Å². The van der Waals surface area contributed by atoms with Gasteiger partial charge in [0.1, 0.15) is 12.4 Å². The summed E-state index contributed by atoms with van der Waals surface area (Å²) < 4.78 is 53.9. The van der Waals surface area contributed by atoms with Gasteiger partial charge < -0.3 is 19.5 Å². The van der Waals surface area contributed by atoms with E-state index >= 15 is 0 Å². The Morgan fingerprint density at radius 1 is 1.07 bits per heavy atom. The second kappa shape index (κ2) is 9.16. The summed E-state index contributed by atoms with van der Waals surface area (Å²) in [6.07, 6.45) is -4.39. The van der Waals surface area contributed by atoms with Crippen molar-refractivity contribution in [2.24, 2.45) is 0 Å². The molecule has 0 unspecified atom stereocenters. The van der Waals surface area contributed by atoms with Gasteiger partial charge in [0.2, 0.25) is 0 Å². The van der Waals surface area contributed by atoms with Gasteiger partial charge >= 0.3 is 6.18 Å². The predicted molar refractivity (Wildman–Crippen MR) is 102 cm³/mol. The van der Waals surface area contributed by atoms with Gasteiger partial charge in [-0.1, -0.05) is 0 Å². The maximum atomic E-state index is 12.5. The molecule has 0 aliphatic rings. The summed E-state index contributed by atoms with van der Waals surface area (Å²) >= 11 is 2.02. The minimum absolute atomic E-state index is 0.112. The zero-order chi connectivity index (χ0) is 20.0. The maximum Gasteiger partial charge on any atom is 0.416 e. The average molecular weight is 495 g/mol. The highest BCUT2D eigenvalue weighted by Crippen LogP contribution is 2.31. The van der Waals surface area contributed by atoms with Crippen molar-refractivity contribution in [1.82, 2.24) is 5.32 Å². The van der Waals surface area contributed by atoms with Crippen LogP contribution in [0.3, 0.4) is 0 Å². The molecule has 0 aliphatic carbocycles. The Labute approximate surface area is 167 Å². The Bertz CT molecular complexity index is 794. The van der Waals surface area contributed by atoms with E-state index < -0.39 is 11.7 Å². The number of nitrogens with one attached hydrogen (secondary N) is 1. The lowest BCUT2D eigenvalue weighted by atomic mass is 10.2. The number of halogens is 4. The molecular weight excluding hydrogens is 478 g/mol. The maximum absolute atomic E-state index is 12.5. The van der Waals surface area contributed by atoms with E-state index in [0.29, 0.717) is 20.6 Å². The largest absolute Gasteiger partial charge is 0.493 e. The number of hydrogen-bond acceptors (Lipinski definition) is 4. The Morgan fingerprint density at radius 3 is 2.22 bits per heavy atom. The molecule has 0 atom stereocenters. The first-order valence-electron chi connectivity index (χ1n) is 7.76. The van der Waals surface area contributed by atoms with Gasteiger partial charge in [-0.2, -0.15) is 13.2 Å². The number of amides is 1. The molecule has 0 saturated heterocycles. The molecule has 146 valence electrons. The zero-order valence-electron chi connectivity index (χ0n) is 14.5. The number of alkyl halides is 3. The topological polar surface area (TPSA) is 56.8 Å². The summed E-state index contributed by atoms with van der Waals surface area (Å²) in [5.74, 6) is 0.919. The second-order valence-electron chi connectivity index (χ2n) is 5.31. The van der Waals surface area contributed by atoms with Crippen molar-refractivity contribution in [1.29, 1.82) is 0 Å². The Hall–Kier alpha value is -2.17. The van der Waals surface area contributed by atoms with Crippen LogP contribution in [-0.4, -0.2) is 33.3 Å². The van der Waals surface area contributed by atoms with Crippen molar-refractivity contribution in [2.45, 2.75) is 6.18 Å². The first kappa shape index (κ1) is 21.1. The van der Waals surface area contributed by atoms with Crippen molar-refractivity contribution in [2.75, 3.05) is 27.4 Å². The van der Waals surface area contributed by atoms with Gasteiger partial charge in [0.05, 0.1) is 31.9 Å². The second-order valence-corrected chi connectivity index (χ2v) is 6.48. The number of hydrogen-bond donors (Lipinski definition) is 1. The molecule has 27 heavy (non-hydrogen) atoms. The fourth-order valence-electron chi connectivity index (χ4n) is 2.20. The van der Waals surface area contributed by atoms with Crippen LogP contribution in [0, 0.1) is 3.57 Å². The summed E-state index contributed by atoms with van der Waals surface area (Å²) in [6.45, 7) is 0.297. The third kappa shape index (κ3) is 5.65.